The van der Waals surface area contributed by atoms with Crippen LogP contribution in [0.5, 0.6) is 0 Å². The second kappa shape index (κ2) is 13.8. The molecule has 5 aromatic rings. The van der Waals surface area contributed by atoms with Crippen LogP contribution in [0.3, 0.4) is 0 Å². The number of rotatable bonds is 11. The summed E-state index contributed by atoms with van der Waals surface area (Å²) in [5.74, 6) is -1.04. The SMILES string of the molecule is O=C(N[C@H](Cc1ccc(-c2cccc(Cl)c2)cc1)C[C@@H](O)C(=O)OCc1ccccc1)c1cc(=O)n(-c2ccccn2)[nH]1. The number of aromatic nitrogens is 3. The van der Waals surface area contributed by atoms with Crippen molar-refractivity contribution < 1.29 is 19.4 Å². The second-order valence-electron chi connectivity index (χ2n) is 9.96. The molecule has 3 aromatic carbocycles. The van der Waals surface area contributed by atoms with Crippen molar-refractivity contribution in [2.24, 2.45) is 0 Å². The number of ether oxygens (including phenoxy) is 1. The summed E-state index contributed by atoms with van der Waals surface area (Å²) in [6.07, 6.45) is 0.238. The first-order valence-electron chi connectivity index (χ1n) is 13.6. The van der Waals surface area contributed by atoms with Gasteiger partial charge in [0.2, 0.25) is 0 Å². The third-order valence-corrected chi connectivity index (χ3v) is 7.01. The maximum Gasteiger partial charge on any atom is 0.335 e. The summed E-state index contributed by atoms with van der Waals surface area (Å²) in [6.45, 7) is 0.0149. The number of aliphatic hydroxyl groups excluding tert-OH is 1. The molecule has 0 saturated heterocycles. The number of esters is 1. The maximum atomic E-state index is 13.2. The number of hydrogen-bond donors (Lipinski definition) is 3. The molecule has 0 aliphatic rings. The van der Waals surface area contributed by atoms with Crippen LogP contribution < -0.4 is 10.9 Å². The maximum absolute atomic E-state index is 13.2. The van der Waals surface area contributed by atoms with E-state index in [9.17, 15) is 19.5 Å². The Bertz CT molecular complexity index is 1740. The predicted molar refractivity (Wildman–Crippen MR) is 163 cm³/mol. The van der Waals surface area contributed by atoms with Gasteiger partial charge in [0.1, 0.15) is 12.3 Å². The van der Waals surface area contributed by atoms with Crippen LogP contribution in [0.1, 0.15) is 28.0 Å². The monoisotopic (exact) mass is 596 g/mol. The van der Waals surface area contributed by atoms with Crippen molar-refractivity contribution in [1.82, 2.24) is 20.1 Å². The Labute approximate surface area is 252 Å². The first-order valence-corrected chi connectivity index (χ1v) is 14.0. The van der Waals surface area contributed by atoms with Crippen molar-refractivity contribution in [3.8, 4) is 16.9 Å². The molecule has 0 fully saturated rings. The molecule has 2 heterocycles. The average molecular weight is 597 g/mol. The first-order chi connectivity index (χ1) is 20.9. The summed E-state index contributed by atoms with van der Waals surface area (Å²) in [5.41, 5.74) is 3.13. The number of nitrogens with zero attached hydrogens (tertiary/aromatic N) is 2. The van der Waals surface area contributed by atoms with E-state index < -0.39 is 29.6 Å². The quantitative estimate of drug-likeness (QED) is 0.190. The van der Waals surface area contributed by atoms with Crippen molar-refractivity contribution in [3.63, 3.8) is 0 Å². The molecule has 1 amide bonds. The summed E-state index contributed by atoms with van der Waals surface area (Å²) in [4.78, 5) is 42.6. The third kappa shape index (κ3) is 7.85. The highest BCUT2D eigenvalue weighted by Crippen LogP contribution is 2.23. The zero-order valence-electron chi connectivity index (χ0n) is 23.0. The van der Waals surface area contributed by atoms with Gasteiger partial charge in [-0.15, -0.1) is 0 Å². The van der Waals surface area contributed by atoms with Crippen molar-refractivity contribution >= 4 is 23.5 Å². The molecule has 0 unspecified atom stereocenters. The lowest BCUT2D eigenvalue weighted by atomic mass is 9.97. The van der Waals surface area contributed by atoms with Crippen LogP contribution in [0, 0.1) is 0 Å². The Morgan fingerprint density at radius 1 is 0.907 bits per heavy atom. The van der Waals surface area contributed by atoms with Gasteiger partial charge in [0.15, 0.2) is 11.9 Å². The standard InChI is InChI=1S/C33H29ClN4O5/c34-26-10-6-9-25(18-26)24-14-12-22(13-15-24)17-27(19-29(39)33(42)43-21-23-7-2-1-3-8-23)36-32(41)28-20-31(40)38(37-28)30-11-4-5-16-35-30/h1-16,18,20,27,29,37,39H,17,19,21H2,(H,36,41)/t27-,29-/m1/s1. The Balaban J connectivity index is 1.32. The molecule has 10 heteroatoms. The Kier molecular flexibility index (Phi) is 9.46. The van der Waals surface area contributed by atoms with Gasteiger partial charge >= 0.3 is 5.97 Å². The summed E-state index contributed by atoms with van der Waals surface area (Å²) in [6, 6.07) is 29.9. The fourth-order valence-corrected chi connectivity index (χ4v) is 4.79. The van der Waals surface area contributed by atoms with Crippen LogP contribution in [0.25, 0.3) is 16.9 Å². The molecule has 0 aliphatic carbocycles. The highest BCUT2D eigenvalue weighted by molar-refractivity contribution is 6.30. The number of carbonyl (C=O) groups is 2. The van der Waals surface area contributed by atoms with Crippen LogP contribution >= 0.6 is 11.6 Å². The Hall–Kier alpha value is -4.99. The van der Waals surface area contributed by atoms with Gasteiger partial charge in [-0.3, -0.25) is 14.7 Å². The van der Waals surface area contributed by atoms with E-state index in [0.29, 0.717) is 17.3 Å². The van der Waals surface area contributed by atoms with E-state index in [1.54, 1.807) is 24.3 Å². The van der Waals surface area contributed by atoms with Crippen LogP contribution in [-0.4, -0.2) is 43.9 Å². The van der Waals surface area contributed by atoms with E-state index in [-0.39, 0.29) is 18.7 Å². The van der Waals surface area contributed by atoms with Gasteiger partial charge in [0, 0.05) is 29.7 Å². The summed E-state index contributed by atoms with van der Waals surface area (Å²) < 4.78 is 6.46. The largest absolute Gasteiger partial charge is 0.459 e. The Morgan fingerprint density at radius 3 is 2.40 bits per heavy atom. The third-order valence-electron chi connectivity index (χ3n) is 6.78. The van der Waals surface area contributed by atoms with Gasteiger partial charge in [-0.25, -0.2) is 14.5 Å². The average Bonchev–Trinajstić information content (AvgIpc) is 3.42. The molecule has 0 saturated carbocycles. The molecule has 3 N–H and O–H groups in total. The number of nitrogens with one attached hydrogen (secondary N) is 2. The molecule has 218 valence electrons. The lowest BCUT2D eigenvalue weighted by Crippen LogP contribution is -2.41. The molecule has 0 aliphatic heterocycles. The van der Waals surface area contributed by atoms with Gasteiger partial charge in [-0.05, 0) is 52.9 Å². The lowest BCUT2D eigenvalue weighted by Gasteiger charge is -2.21. The number of halogens is 1. The smallest absolute Gasteiger partial charge is 0.335 e. The number of hydrogen-bond acceptors (Lipinski definition) is 6. The van der Waals surface area contributed by atoms with E-state index in [4.69, 9.17) is 16.3 Å². The van der Waals surface area contributed by atoms with E-state index in [1.807, 2.05) is 72.8 Å². The minimum absolute atomic E-state index is 0.0121. The van der Waals surface area contributed by atoms with Gasteiger partial charge in [0.05, 0.1) is 0 Å². The van der Waals surface area contributed by atoms with E-state index in [0.717, 1.165) is 26.9 Å². The van der Waals surface area contributed by atoms with Gasteiger partial charge < -0.3 is 15.2 Å². The number of aliphatic hydroxyl groups is 1. The number of benzene rings is 3. The van der Waals surface area contributed by atoms with Crippen LogP contribution in [0.4, 0.5) is 0 Å². The minimum atomic E-state index is -1.49. The second-order valence-corrected chi connectivity index (χ2v) is 10.4. The Morgan fingerprint density at radius 2 is 1.67 bits per heavy atom. The first kappa shape index (κ1) is 29.5. The van der Waals surface area contributed by atoms with Crippen molar-refractivity contribution in [1.29, 1.82) is 0 Å². The molecule has 0 bridgehead atoms. The van der Waals surface area contributed by atoms with E-state index in [2.05, 4.69) is 15.4 Å². The molecular weight excluding hydrogens is 568 g/mol. The van der Waals surface area contributed by atoms with Gasteiger partial charge in [0.25, 0.3) is 11.5 Å². The normalized spacial score (nSPS) is 12.3. The minimum Gasteiger partial charge on any atom is -0.459 e. The molecule has 2 aromatic heterocycles. The number of amides is 1. The molecule has 43 heavy (non-hydrogen) atoms. The van der Waals surface area contributed by atoms with Gasteiger partial charge in [-0.2, -0.15) is 0 Å². The van der Waals surface area contributed by atoms with E-state index >= 15 is 0 Å². The summed E-state index contributed by atoms with van der Waals surface area (Å²) >= 11 is 6.14. The molecule has 2 atom stereocenters. The van der Waals surface area contributed by atoms with Crippen LogP contribution in [0.2, 0.25) is 5.02 Å². The summed E-state index contributed by atoms with van der Waals surface area (Å²) in [5, 5.41) is 17.0. The molecule has 9 nitrogen and oxygen atoms in total. The van der Waals surface area contributed by atoms with Crippen LogP contribution in [0.15, 0.2) is 114 Å². The number of pyridine rings is 1. The highest BCUT2D eigenvalue weighted by atomic mass is 35.5. The van der Waals surface area contributed by atoms with Gasteiger partial charge in [-0.1, -0.05) is 84.4 Å². The number of carbonyl (C=O) groups excluding carboxylic acids is 2. The highest BCUT2D eigenvalue weighted by Gasteiger charge is 2.25. The zero-order valence-corrected chi connectivity index (χ0v) is 23.8. The molecular formula is C33H29ClN4O5. The predicted octanol–water partition coefficient (Wildman–Crippen LogP) is 4.72. The van der Waals surface area contributed by atoms with Crippen LogP contribution in [-0.2, 0) is 22.6 Å². The molecule has 5 rings (SSSR count). The zero-order chi connectivity index (χ0) is 30.2. The number of aromatic amines is 1. The summed E-state index contributed by atoms with van der Waals surface area (Å²) in [7, 11) is 0. The topological polar surface area (TPSA) is 126 Å². The fourth-order valence-electron chi connectivity index (χ4n) is 4.60. The van der Waals surface area contributed by atoms with Crippen molar-refractivity contribution in [2.75, 3.05) is 0 Å². The molecule has 0 radical (unpaired) electrons. The van der Waals surface area contributed by atoms with Crippen molar-refractivity contribution in [3.05, 3.63) is 142 Å². The van der Waals surface area contributed by atoms with E-state index in [1.165, 1.54) is 12.3 Å². The lowest BCUT2D eigenvalue weighted by molar-refractivity contribution is -0.155. The van der Waals surface area contributed by atoms with Crippen molar-refractivity contribution in [2.45, 2.75) is 31.6 Å². The number of H-pyrrole nitrogens is 1. The fraction of sp³-hybridized carbons (Fsp3) is 0.152. The molecule has 0 spiro atoms.